The number of nitrogens with zero attached hydrogens (tertiary/aromatic N) is 4. The number of hydrogen-bond acceptors (Lipinski definition) is 7. The van der Waals surface area contributed by atoms with Gasteiger partial charge in [0.1, 0.15) is 12.3 Å². The van der Waals surface area contributed by atoms with Crippen molar-refractivity contribution in [3.63, 3.8) is 0 Å². The van der Waals surface area contributed by atoms with Crippen LogP contribution in [0, 0.1) is 0 Å². The lowest BCUT2D eigenvalue weighted by Crippen LogP contribution is -2.23. The molecule has 26 heavy (non-hydrogen) atoms. The zero-order chi connectivity index (χ0) is 18.7. The number of anilines is 1. The maximum absolute atomic E-state index is 12.7. The second-order valence-corrected chi connectivity index (χ2v) is 6.05. The molecule has 0 atom stereocenters. The number of aromatic nitrogens is 3. The van der Waals surface area contributed by atoms with Crippen molar-refractivity contribution in [3.05, 3.63) is 47.1 Å². The van der Waals surface area contributed by atoms with Crippen LogP contribution in [0.15, 0.2) is 41.6 Å². The van der Waals surface area contributed by atoms with Gasteiger partial charge in [-0.3, -0.25) is 9.20 Å². The quantitative estimate of drug-likeness (QED) is 0.712. The molecule has 0 aromatic carbocycles. The van der Waals surface area contributed by atoms with Crippen molar-refractivity contribution in [1.29, 1.82) is 0 Å². The average Bonchev–Trinajstić information content (AvgIpc) is 2.63. The van der Waals surface area contributed by atoms with Crippen LogP contribution in [0.4, 0.5) is 5.69 Å². The Labute approximate surface area is 150 Å². The fraction of sp³-hybridized carbons (Fsp3) is 0.278. The molecule has 0 radical (unpaired) electrons. The van der Waals surface area contributed by atoms with E-state index in [1.807, 2.05) is 25.1 Å². The summed E-state index contributed by atoms with van der Waals surface area (Å²) in [6.45, 7) is 1.12. The molecule has 3 rings (SSSR count). The number of ether oxygens (including phenoxy) is 2. The van der Waals surface area contributed by atoms with Crippen LogP contribution in [0.2, 0.25) is 0 Å². The maximum Gasteiger partial charge on any atom is 0.300 e. The van der Waals surface area contributed by atoms with Crippen molar-refractivity contribution in [1.82, 2.24) is 19.3 Å². The maximum atomic E-state index is 12.7. The Bertz CT molecular complexity index is 984. The fourth-order valence-electron chi connectivity index (χ4n) is 2.47. The van der Waals surface area contributed by atoms with Crippen LogP contribution < -0.4 is 20.8 Å². The number of nitrogens with two attached hydrogens (primary N) is 1. The second kappa shape index (κ2) is 7.40. The molecule has 3 aromatic heterocycles. The van der Waals surface area contributed by atoms with Gasteiger partial charge >= 0.3 is 0 Å². The number of pyridine rings is 2. The Morgan fingerprint density at radius 2 is 2.00 bits per heavy atom. The topological polar surface area (TPSA) is 95.0 Å². The Morgan fingerprint density at radius 1 is 1.19 bits per heavy atom. The molecule has 0 aliphatic carbocycles. The molecular formula is C18H21N5O3. The molecular weight excluding hydrogens is 334 g/mol. The van der Waals surface area contributed by atoms with Gasteiger partial charge in [-0.2, -0.15) is 0 Å². The SMILES string of the molecule is COc1ncc(-c2ccc3ncc(OCCN(C)C)c(=O)n3c2)cc1N. The van der Waals surface area contributed by atoms with Gasteiger partial charge < -0.3 is 20.1 Å². The van der Waals surface area contributed by atoms with Gasteiger partial charge in [0.2, 0.25) is 11.6 Å². The summed E-state index contributed by atoms with van der Waals surface area (Å²) in [5.41, 5.74) is 8.19. The molecule has 3 aromatic rings. The van der Waals surface area contributed by atoms with Gasteiger partial charge in [-0.1, -0.05) is 0 Å². The van der Waals surface area contributed by atoms with E-state index in [1.165, 1.54) is 17.7 Å². The molecule has 2 N–H and O–H groups in total. The van der Waals surface area contributed by atoms with Crippen LogP contribution >= 0.6 is 0 Å². The fourth-order valence-corrected chi connectivity index (χ4v) is 2.47. The van der Waals surface area contributed by atoms with Crippen LogP contribution in [-0.2, 0) is 0 Å². The zero-order valence-corrected chi connectivity index (χ0v) is 15.0. The summed E-state index contributed by atoms with van der Waals surface area (Å²) in [6, 6.07) is 5.38. The largest absolute Gasteiger partial charge is 0.485 e. The highest BCUT2D eigenvalue weighted by Gasteiger charge is 2.09. The van der Waals surface area contributed by atoms with Crippen molar-refractivity contribution in [3.8, 4) is 22.8 Å². The molecule has 0 spiro atoms. The Hall–Kier alpha value is -3.13. The highest BCUT2D eigenvalue weighted by molar-refractivity contribution is 5.69. The molecule has 0 bridgehead atoms. The Balaban J connectivity index is 1.97. The number of hydrogen-bond donors (Lipinski definition) is 1. The van der Waals surface area contributed by atoms with Crippen LogP contribution in [0.3, 0.4) is 0 Å². The lowest BCUT2D eigenvalue weighted by atomic mass is 10.1. The summed E-state index contributed by atoms with van der Waals surface area (Å²) in [5, 5.41) is 0. The van der Waals surface area contributed by atoms with E-state index in [2.05, 4.69) is 9.97 Å². The monoisotopic (exact) mass is 355 g/mol. The molecule has 0 saturated carbocycles. The van der Waals surface area contributed by atoms with Crippen molar-refractivity contribution in [2.45, 2.75) is 0 Å². The summed E-state index contributed by atoms with van der Waals surface area (Å²) in [7, 11) is 5.39. The minimum absolute atomic E-state index is 0.217. The molecule has 0 unspecified atom stereocenters. The van der Waals surface area contributed by atoms with E-state index in [0.29, 0.717) is 30.4 Å². The molecule has 0 fully saturated rings. The molecule has 136 valence electrons. The lowest BCUT2D eigenvalue weighted by molar-refractivity contribution is 0.257. The summed E-state index contributed by atoms with van der Waals surface area (Å²) in [6.07, 6.45) is 4.80. The van der Waals surface area contributed by atoms with E-state index in [-0.39, 0.29) is 11.3 Å². The van der Waals surface area contributed by atoms with Gasteiger partial charge in [0.15, 0.2) is 0 Å². The standard InChI is InChI=1S/C18H21N5O3/c1-22(2)6-7-26-15-10-20-16-5-4-12(11-23(16)18(15)24)13-8-14(19)17(25-3)21-9-13/h4-5,8-11H,6-7,19H2,1-3H3. The minimum atomic E-state index is -0.259. The lowest BCUT2D eigenvalue weighted by Gasteiger charge is -2.11. The zero-order valence-electron chi connectivity index (χ0n) is 15.0. The van der Waals surface area contributed by atoms with E-state index in [9.17, 15) is 4.79 Å². The Morgan fingerprint density at radius 3 is 2.69 bits per heavy atom. The Kier molecular flexibility index (Phi) is 5.04. The van der Waals surface area contributed by atoms with Crippen LogP contribution in [0.5, 0.6) is 11.6 Å². The summed E-state index contributed by atoms with van der Waals surface area (Å²) in [4.78, 5) is 23.1. The van der Waals surface area contributed by atoms with E-state index in [4.69, 9.17) is 15.2 Å². The average molecular weight is 355 g/mol. The highest BCUT2D eigenvalue weighted by atomic mass is 16.5. The summed E-state index contributed by atoms with van der Waals surface area (Å²) >= 11 is 0. The smallest absolute Gasteiger partial charge is 0.300 e. The van der Waals surface area contributed by atoms with E-state index in [1.54, 1.807) is 24.5 Å². The third-order valence-electron chi connectivity index (χ3n) is 3.87. The third-order valence-corrected chi connectivity index (χ3v) is 3.87. The first-order chi connectivity index (χ1) is 12.5. The van der Waals surface area contributed by atoms with Crippen molar-refractivity contribution in [2.75, 3.05) is 40.1 Å². The molecule has 8 nitrogen and oxygen atoms in total. The summed E-state index contributed by atoms with van der Waals surface area (Å²) in [5.74, 6) is 0.582. The normalized spacial score (nSPS) is 11.1. The third kappa shape index (κ3) is 3.60. The van der Waals surface area contributed by atoms with Gasteiger partial charge in [0, 0.05) is 30.1 Å². The van der Waals surface area contributed by atoms with Crippen molar-refractivity contribution in [2.24, 2.45) is 0 Å². The van der Waals surface area contributed by atoms with Crippen molar-refractivity contribution < 1.29 is 9.47 Å². The number of rotatable bonds is 6. The number of nitrogen functional groups attached to an aromatic ring is 1. The van der Waals surface area contributed by atoms with Crippen LogP contribution in [0.1, 0.15) is 0 Å². The summed E-state index contributed by atoms with van der Waals surface area (Å²) < 4.78 is 12.1. The van der Waals surface area contributed by atoms with Gasteiger partial charge in [-0.15, -0.1) is 0 Å². The van der Waals surface area contributed by atoms with Crippen molar-refractivity contribution >= 4 is 11.3 Å². The molecule has 0 saturated heterocycles. The van der Waals surface area contributed by atoms with E-state index in [0.717, 1.165) is 11.1 Å². The molecule has 8 heteroatoms. The predicted molar refractivity (Wildman–Crippen MR) is 99.7 cm³/mol. The van der Waals surface area contributed by atoms with Crippen LogP contribution in [0.25, 0.3) is 16.8 Å². The molecule has 0 amide bonds. The van der Waals surface area contributed by atoms with E-state index >= 15 is 0 Å². The first-order valence-electron chi connectivity index (χ1n) is 8.08. The highest BCUT2D eigenvalue weighted by Crippen LogP contribution is 2.25. The number of likely N-dealkylation sites (N-methyl/N-ethyl adjacent to an activating group) is 1. The number of fused-ring (bicyclic) bond motifs is 1. The van der Waals surface area contributed by atoms with Crippen LogP contribution in [-0.4, -0.2) is 53.6 Å². The second-order valence-electron chi connectivity index (χ2n) is 6.05. The van der Waals surface area contributed by atoms with Gasteiger partial charge in [-0.25, -0.2) is 9.97 Å². The first kappa shape index (κ1) is 17.7. The van der Waals surface area contributed by atoms with Gasteiger partial charge in [0.25, 0.3) is 5.56 Å². The molecule has 3 heterocycles. The van der Waals surface area contributed by atoms with Gasteiger partial charge in [-0.05, 0) is 32.3 Å². The molecule has 0 aliphatic rings. The number of methoxy groups -OCH3 is 1. The minimum Gasteiger partial charge on any atom is -0.485 e. The molecule has 0 aliphatic heterocycles. The van der Waals surface area contributed by atoms with E-state index < -0.39 is 0 Å². The predicted octanol–water partition coefficient (Wildman–Crippen LogP) is 1.29. The first-order valence-corrected chi connectivity index (χ1v) is 8.08. The van der Waals surface area contributed by atoms with Gasteiger partial charge in [0.05, 0.1) is 19.0 Å².